The molecule has 4 aromatic rings. The highest BCUT2D eigenvalue weighted by atomic mass is 35.5. The highest BCUT2D eigenvalue weighted by molar-refractivity contribution is 6.29. The second kappa shape index (κ2) is 7.44. The van der Waals surface area contributed by atoms with Crippen LogP contribution >= 0.6 is 11.6 Å². The lowest BCUT2D eigenvalue weighted by Crippen LogP contribution is -2.16. The van der Waals surface area contributed by atoms with Crippen LogP contribution in [0, 0.1) is 5.82 Å². The Labute approximate surface area is 172 Å². The van der Waals surface area contributed by atoms with E-state index >= 15 is 0 Å². The van der Waals surface area contributed by atoms with Crippen LogP contribution in [0.1, 0.15) is 25.7 Å². The van der Waals surface area contributed by atoms with Gasteiger partial charge in [-0.1, -0.05) is 30.5 Å². The molecule has 0 saturated heterocycles. The van der Waals surface area contributed by atoms with E-state index in [4.69, 9.17) is 21.7 Å². The van der Waals surface area contributed by atoms with Gasteiger partial charge in [-0.15, -0.1) is 0 Å². The van der Waals surface area contributed by atoms with Crippen LogP contribution in [0.2, 0.25) is 5.15 Å². The average molecular weight is 408 g/mol. The Kier molecular flexibility index (Phi) is 4.64. The van der Waals surface area contributed by atoms with Crippen LogP contribution in [-0.4, -0.2) is 25.6 Å². The number of pyridine rings is 1. The minimum Gasteiger partial charge on any atom is -0.351 e. The number of hydrogen-bond acceptors (Lipinski definition) is 4. The third-order valence-corrected chi connectivity index (χ3v) is 5.62. The van der Waals surface area contributed by atoms with Crippen LogP contribution in [0.5, 0.6) is 0 Å². The van der Waals surface area contributed by atoms with E-state index in [0.717, 1.165) is 35.2 Å². The summed E-state index contributed by atoms with van der Waals surface area (Å²) in [5.74, 6) is 0.322. The van der Waals surface area contributed by atoms with Crippen LogP contribution in [0.4, 0.5) is 10.3 Å². The second-order valence-corrected chi connectivity index (χ2v) is 7.65. The van der Waals surface area contributed by atoms with E-state index in [1.165, 1.54) is 25.0 Å². The topological polar surface area (TPSA) is 55.1 Å². The first-order valence-corrected chi connectivity index (χ1v) is 10.1. The number of hydrogen-bond donors (Lipinski definition) is 1. The lowest BCUT2D eigenvalue weighted by Gasteiger charge is -2.12. The Hall–Kier alpha value is -2.99. The minimum atomic E-state index is -0.290. The van der Waals surface area contributed by atoms with Crippen molar-refractivity contribution in [2.75, 3.05) is 5.32 Å². The van der Waals surface area contributed by atoms with Crippen molar-refractivity contribution in [3.63, 3.8) is 0 Å². The number of nitrogens with zero attached hydrogens (tertiary/aromatic N) is 4. The Morgan fingerprint density at radius 2 is 1.83 bits per heavy atom. The van der Waals surface area contributed by atoms with Gasteiger partial charge in [0.2, 0.25) is 5.95 Å². The summed E-state index contributed by atoms with van der Waals surface area (Å²) in [7, 11) is 0. The molecule has 5 nitrogen and oxygen atoms in total. The molecule has 0 aliphatic heterocycles. The van der Waals surface area contributed by atoms with Crippen molar-refractivity contribution in [1.82, 2.24) is 19.6 Å². The monoisotopic (exact) mass is 407 g/mol. The summed E-state index contributed by atoms with van der Waals surface area (Å²) in [6.45, 7) is 0. The summed E-state index contributed by atoms with van der Waals surface area (Å²) in [6.07, 6.45) is 6.50. The van der Waals surface area contributed by atoms with Crippen molar-refractivity contribution in [1.29, 1.82) is 0 Å². The highest BCUT2D eigenvalue weighted by Gasteiger charge is 2.20. The maximum atomic E-state index is 13.5. The molecule has 0 unspecified atom stereocenters. The van der Waals surface area contributed by atoms with Gasteiger partial charge < -0.3 is 5.32 Å². The van der Waals surface area contributed by atoms with Gasteiger partial charge in [0.05, 0.1) is 16.8 Å². The predicted molar refractivity (Wildman–Crippen MR) is 113 cm³/mol. The Bertz CT molecular complexity index is 1170. The number of halogens is 2. The normalized spacial score (nSPS) is 14.6. The molecule has 1 fully saturated rings. The summed E-state index contributed by atoms with van der Waals surface area (Å²) in [6, 6.07) is 14.2. The van der Waals surface area contributed by atoms with Crippen molar-refractivity contribution in [2.24, 2.45) is 0 Å². The summed E-state index contributed by atoms with van der Waals surface area (Å²) in [4.78, 5) is 9.17. The third kappa shape index (κ3) is 3.44. The molecule has 3 aromatic heterocycles. The van der Waals surface area contributed by atoms with Gasteiger partial charge >= 0.3 is 0 Å². The van der Waals surface area contributed by atoms with Gasteiger partial charge in [0, 0.05) is 17.8 Å². The zero-order chi connectivity index (χ0) is 19.8. The number of aromatic nitrogens is 4. The van der Waals surface area contributed by atoms with E-state index in [2.05, 4.69) is 10.3 Å². The molecule has 0 atom stereocenters. The van der Waals surface area contributed by atoms with Crippen molar-refractivity contribution in [2.45, 2.75) is 31.7 Å². The van der Waals surface area contributed by atoms with Gasteiger partial charge in [0.25, 0.3) is 0 Å². The average Bonchev–Trinajstić information content (AvgIpc) is 3.37. The van der Waals surface area contributed by atoms with E-state index in [9.17, 15) is 4.39 Å². The Balaban J connectivity index is 1.66. The Morgan fingerprint density at radius 3 is 2.62 bits per heavy atom. The van der Waals surface area contributed by atoms with Gasteiger partial charge in [0.15, 0.2) is 0 Å². The van der Waals surface area contributed by atoms with Crippen LogP contribution in [0.25, 0.3) is 28.0 Å². The number of benzene rings is 1. The van der Waals surface area contributed by atoms with Gasteiger partial charge in [-0.3, -0.25) is 0 Å². The van der Waals surface area contributed by atoms with Crippen molar-refractivity contribution in [3.8, 4) is 22.5 Å². The molecule has 1 aliphatic carbocycles. The molecule has 0 radical (unpaired) electrons. The summed E-state index contributed by atoms with van der Waals surface area (Å²) < 4.78 is 15.1. The number of fused-ring (bicyclic) bond motifs is 1. The van der Waals surface area contributed by atoms with Crippen molar-refractivity contribution < 1.29 is 4.39 Å². The molecule has 1 aliphatic rings. The SMILES string of the molecule is Fc1ccc(-c2nn3c(Cl)cccc3c2-c2ccnc(NC3CCCC3)n2)cc1. The van der Waals surface area contributed by atoms with E-state index in [-0.39, 0.29) is 5.82 Å². The smallest absolute Gasteiger partial charge is 0.223 e. The second-order valence-electron chi connectivity index (χ2n) is 7.27. The van der Waals surface area contributed by atoms with E-state index < -0.39 is 0 Å². The molecule has 0 amide bonds. The standard InChI is InChI=1S/C22H19ClFN5/c23-19-7-3-6-18-20(21(28-29(18)19)14-8-10-15(24)11-9-14)17-12-13-25-22(27-17)26-16-4-1-2-5-16/h3,6-13,16H,1-2,4-5H2,(H,25,26,27). The fourth-order valence-electron chi connectivity index (χ4n) is 3.92. The van der Waals surface area contributed by atoms with Gasteiger partial charge in [0.1, 0.15) is 16.7 Å². The molecule has 1 N–H and O–H groups in total. The maximum Gasteiger partial charge on any atom is 0.223 e. The molecular weight excluding hydrogens is 389 g/mol. The lowest BCUT2D eigenvalue weighted by atomic mass is 10.0. The first-order chi connectivity index (χ1) is 14.2. The predicted octanol–water partition coefficient (Wildman–Crippen LogP) is 5.61. The van der Waals surface area contributed by atoms with Crippen LogP contribution in [0.3, 0.4) is 0 Å². The first kappa shape index (κ1) is 18.1. The number of rotatable bonds is 4. The molecule has 1 saturated carbocycles. The van der Waals surface area contributed by atoms with E-state index in [0.29, 0.717) is 22.8 Å². The fraction of sp³-hybridized carbons (Fsp3) is 0.227. The van der Waals surface area contributed by atoms with Crippen molar-refractivity contribution >= 4 is 23.1 Å². The molecule has 29 heavy (non-hydrogen) atoms. The van der Waals surface area contributed by atoms with Gasteiger partial charge in [-0.05, 0) is 55.3 Å². The maximum absolute atomic E-state index is 13.5. The zero-order valence-electron chi connectivity index (χ0n) is 15.6. The van der Waals surface area contributed by atoms with E-state index in [1.54, 1.807) is 28.9 Å². The van der Waals surface area contributed by atoms with Gasteiger partial charge in [-0.25, -0.2) is 18.9 Å². The van der Waals surface area contributed by atoms with Crippen LogP contribution in [-0.2, 0) is 0 Å². The van der Waals surface area contributed by atoms with Crippen LogP contribution < -0.4 is 5.32 Å². The summed E-state index contributed by atoms with van der Waals surface area (Å²) in [5, 5.41) is 8.64. The highest BCUT2D eigenvalue weighted by Crippen LogP contribution is 2.35. The number of nitrogens with one attached hydrogen (secondary N) is 1. The molecule has 1 aromatic carbocycles. The molecule has 3 heterocycles. The molecule has 0 spiro atoms. The Morgan fingerprint density at radius 1 is 1.03 bits per heavy atom. The number of anilines is 1. The third-order valence-electron chi connectivity index (χ3n) is 5.33. The largest absolute Gasteiger partial charge is 0.351 e. The minimum absolute atomic E-state index is 0.290. The molecule has 5 rings (SSSR count). The lowest BCUT2D eigenvalue weighted by molar-refractivity contribution is 0.628. The summed E-state index contributed by atoms with van der Waals surface area (Å²) >= 11 is 6.38. The zero-order valence-corrected chi connectivity index (χ0v) is 16.4. The van der Waals surface area contributed by atoms with Crippen molar-refractivity contribution in [3.05, 3.63) is 65.7 Å². The quantitative estimate of drug-likeness (QED) is 0.447. The molecule has 7 heteroatoms. The molecule has 0 bridgehead atoms. The fourth-order valence-corrected chi connectivity index (χ4v) is 4.12. The van der Waals surface area contributed by atoms with E-state index in [1.807, 2.05) is 18.2 Å². The summed E-state index contributed by atoms with van der Waals surface area (Å²) in [5.41, 5.74) is 3.92. The molecule has 146 valence electrons. The molecular formula is C22H19ClFN5. The van der Waals surface area contributed by atoms with Crippen LogP contribution in [0.15, 0.2) is 54.7 Å². The van der Waals surface area contributed by atoms with Gasteiger partial charge in [-0.2, -0.15) is 5.10 Å². The first-order valence-electron chi connectivity index (χ1n) is 9.72.